The summed E-state index contributed by atoms with van der Waals surface area (Å²) in [4.78, 5) is 15.5. The van der Waals surface area contributed by atoms with Gasteiger partial charge in [-0.05, 0) is 31.2 Å². The second kappa shape index (κ2) is 6.19. The van der Waals surface area contributed by atoms with Crippen LogP contribution in [0.4, 0.5) is 16.2 Å². The first-order chi connectivity index (χ1) is 9.17. The minimum Gasteiger partial charge on any atom is -0.379 e. The largest absolute Gasteiger partial charge is 0.379 e. The van der Waals surface area contributed by atoms with Crippen molar-refractivity contribution in [1.29, 1.82) is 0 Å². The summed E-state index contributed by atoms with van der Waals surface area (Å²) in [6.45, 7) is 2.69. The first-order valence-corrected chi connectivity index (χ1v) is 6.79. The van der Waals surface area contributed by atoms with E-state index in [0.29, 0.717) is 6.54 Å². The van der Waals surface area contributed by atoms with Gasteiger partial charge in [-0.2, -0.15) is 0 Å². The Morgan fingerprint density at radius 3 is 2.53 bits per heavy atom. The fourth-order valence-electron chi connectivity index (χ4n) is 1.55. The van der Waals surface area contributed by atoms with Gasteiger partial charge in [0.2, 0.25) is 0 Å². The highest BCUT2D eigenvalue weighted by Gasteiger charge is 2.00. The maximum absolute atomic E-state index is 11.1. The van der Waals surface area contributed by atoms with Crippen molar-refractivity contribution < 1.29 is 4.79 Å². The Balaban J connectivity index is 1.89. The van der Waals surface area contributed by atoms with E-state index in [4.69, 9.17) is 0 Å². The number of benzene rings is 1. The zero-order chi connectivity index (χ0) is 13.7. The van der Waals surface area contributed by atoms with Gasteiger partial charge in [-0.15, -0.1) is 11.3 Å². The standard InChI is InChI=1S/C13H16N4OS/c1-9-16-12(8-19-9)7-15-10-3-5-11(6-4-10)17-13(18)14-2/h3-6,8,15H,7H2,1-2H3,(H2,14,17,18). The Morgan fingerprint density at radius 1 is 1.26 bits per heavy atom. The number of thiazole rings is 1. The fourth-order valence-corrected chi connectivity index (χ4v) is 2.16. The van der Waals surface area contributed by atoms with Crippen molar-refractivity contribution in [3.63, 3.8) is 0 Å². The van der Waals surface area contributed by atoms with Crippen LogP contribution in [-0.2, 0) is 6.54 Å². The summed E-state index contributed by atoms with van der Waals surface area (Å²) < 4.78 is 0. The number of hydrogen-bond acceptors (Lipinski definition) is 4. The van der Waals surface area contributed by atoms with Gasteiger partial charge in [-0.25, -0.2) is 9.78 Å². The van der Waals surface area contributed by atoms with Crippen molar-refractivity contribution in [2.45, 2.75) is 13.5 Å². The first kappa shape index (κ1) is 13.4. The van der Waals surface area contributed by atoms with Crippen LogP contribution in [0.1, 0.15) is 10.7 Å². The lowest BCUT2D eigenvalue weighted by molar-refractivity contribution is 0.254. The molecular weight excluding hydrogens is 260 g/mol. The summed E-state index contributed by atoms with van der Waals surface area (Å²) in [5, 5.41) is 11.6. The van der Waals surface area contributed by atoms with Crippen molar-refractivity contribution in [3.05, 3.63) is 40.3 Å². The third kappa shape index (κ3) is 3.96. The number of urea groups is 1. The van der Waals surface area contributed by atoms with Gasteiger partial charge in [0.15, 0.2) is 0 Å². The van der Waals surface area contributed by atoms with Crippen LogP contribution in [0.5, 0.6) is 0 Å². The highest BCUT2D eigenvalue weighted by atomic mass is 32.1. The lowest BCUT2D eigenvalue weighted by Gasteiger charge is -2.07. The molecule has 2 amide bonds. The molecule has 0 aliphatic carbocycles. The number of anilines is 2. The number of aryl methyl sites for hydroxylation is 1. The van der Waals surface area contributed by atoms with Gasteiger partial charge in [-0.1, -0.05) is 0 Å². The Hall–Kier alpha value is -2.08. The lowest BCUT2D eigenvalue weighted by atomic mass is 10.2. The number of nitrogens with one attached hydrogen (secondary N) is 3. The van der Waals surface area contributed by atoms with E-state index in [1.165, 1.54) is 0 Å². The zero-order valence-electron chi connectivity index (χ0n) is 10.9. The van der Waals surface area contributed by atoms with Crippen molar-refractivity contribution in [1.82, 2.24) is 10.3 Å². The van der Waals surface area contributed by atoms with Crippen LogP contribution in [0.25, 0.3) is 0 Å². The predicted molar refractivity (Wildman–Crippen MR) is 78.7 cm³/mol. The number of nitrogens with zero attached hydrogens (tertiary/aromatic N) is 1. The van der Waals surface area contributed by atoms with Crippen molar-refractivity contribution in [2.75, 3.05) is 17.7 Å². The molecule has 1 aromatic carbocycles. The first-order valence-electron chi connectivity index (χ1n) is 5.91. The van der Waals surface area contributed by atoms with Crippen LogP contribution in [0.3, 0.4) is 0 Å². The molecule has 0 unspecified atom stereocenters. The van der Waals surface area contributed by atoms with E-state index in [9.17, 15) is 4.79 Å². The Morgan fingerprint density at radius 2 is 1.95 bits per heavy atom. The number of hydrogen-bond donors (Lipinski definition) is 3. The van der Waals surface area contributed by atoms with Crippen LogP contribution in [0.2, 0.25) is 0 Å². The van der Waals surface area contributed by atoms with E-state index in [1.807, 2.05) is 36.6 Å². The van der Waals surface area contributed by atoms with E-state index in [0.717, 1.165) is 22.1 Å². The van der Waals surface area contributed by atoms with Crippen molar-refractivity contribution in [3.8, 4) is 0 Å². The molecule has 0 saturated carbocycles. The third-order valence-electron chi connectivity index (χ3n) is 2.51. The van der Waals surface area contributed by atoms with E-state index in [2.05, 4.69) is 20.9 Å². The summed E-state index contributed by atoms with van der Waals surface area (Å²) in [6.07, 6.45) is 0. The van der Waals surface area contributed by atoms with E-state index < -0.39 is 0 Å². The second-order valence-electron chi connectivity index (χ2n) is 3.99. The fraction of sp³-hybridized carbons (Fsp3) is 0.231. The topological polar surface area (TPSA) is 66.1 Å². The summed E-state index contributed by atoms with van der Waals surface area (Å²) in [5.74, 6) is 0. The van der Waals surface area contributed by atoms with Gasteiger partial charge < -0.3 is 16.0 Å². The quantitative estimate of drug-likeness (QED) is 0.804. The SMILES string of the molecule is CNC(=O)Nc1ccc(NCc2csc(C)n2)cc1. The third-order valence-corrected chi connectivity index (χ3v) is 3.33. The minimum absolute atomic E-state index is 0.223. The number of carbonyl (C=O) groups excluding carboxylic acids is 1. The smallest absolute Gasteiger partial charge is 0.318 e. The molecule has 19 heavy (non-hydrogen) atoms. The van der Waals surface area contributed by atoms with Crippen molar-refractivity contribution in [2.24, 2.45) is 0 Å². The van der Waals surface area contributed by atoms with E-state index >= 15 is 0 Å². The molecule has 6 heteroatoms. The van der Waals surface area contributed by atoms with Crippen LogP contribution in [0, 0.1) is 6.92 Å². The summed E-state index contributed by atoms with van der Waals surface area (Å²) in [7, 11) is 1.58. The Kier molecular flexibility index (Phi) is 4.35. The minimum atomic E-state index is -0.223. The van der Waals surface area contributed by atoms with Gasteiger partial charge in [0.1, 0.15) is 0 Å². The molecule has 0 atom stereocenters. The molecule has 0 fully saturated rings. The molecule has 1 heterocycles. The summed E-state index contributed by atoms with van der Waals surface area (Å²) in [5.41, 5.74) is 2.79. The van der Waals surface area contributed by atoms with Gasteiger partial charge >= 0.3 is 6.03 Å². The van der Waals surface area contributed by atoms with E-state index in [-0.39, 0.29) is 6.03 Å². The number of carbonyl (C=O) groups is 1. The van der Waals surface area contributed by atoms with Gasteiger partial charge in [0, 0.05) is 23.8 Å². The Labute approximate surface area is 116 Å². The molecule has 0 aliphatic heterocycles. The summed E-state index contributed by atoms with van der Waals surface area (Å²) >= 11 is 1.65. The Bertz CT molecular complexity index is 550. The average molecular weight is 276 g/mol. The molecule has 5 nitrogen and oxygen atoms in total. The number of aromatic nitrogens is 1. The molecule has 0 bridgehead atoms. The molecule has 0 aliphatic rings. The molecule has 0 saturated heterocycles. The maximum Gasteiger partial charge on any atom is 0.318 e. The number of amides is 2. The molecular formula is C13H16N4OS. The summed E-state index contributed by atoms with van der Waals surface area (Å²) in [6, 6.07) is 7.32. The maximum atomic E-state index is 11.1. The van der Waals surface area contributed by atoms with Crippen LogP contribution < -0.4 is 16.0 Å². The molecule has 2 aromatic rings. The van der Waals surface area contributed by atoms with Gasteiger partial charge in [-0.3, -0.25) is 0 Å². The van der Waals surface area contributed by atoms with E-state index in [1.54, 1.807) is 18.4 Å². The molecule has 0 radical (unpaired) electrons. The van der Waals surface area contributed by atoms with Crippen molar-refractivity contribution >= 4 is 28.7 Å². The molecule has 100 valence electrons. The monoisotopic (exact) mass is 276 g/mol. The lowest BCUT2D eigenvalue weighted by Crippen LogP contribution is -2.24. The normalized spacial score (nSPS) is 10.0. The van der Waals surface area contributed by atoms with Crippen LogP contribution >= 0.6 is 11.3 Å². The predicted octanol–water partition coefficient (Wildman–Crippen LogP) is 2.81. The molecule has 1 aromatic heterocycles. The highest BCUT2D eigenvalue weighted by molar-refractivity contribution is 7.09. The molecule has 3 N–H and O–H groups in total. The average Bonchev–Trinajstić information content (AvgIpc) is 2.83. The molecule has 2 rings (SSSR count). The van der Waals surface area contributed by atoms with Crippen LogP contribution in [0.15, 0.2) is 29.6 Å². The van der Waals surface area contributed by atoms with Gasteiger partial charge in [0.25, 0.3) is 0 Å². The van der Waals surface area contributed by atoms with Crippen LogP contribution in [-0.4, -0.2) is 18.1 Å². The zero-order valence-corrected chi connectivity index (χ0v) is 11.7. The number of rotatable bonds is 4. The second-order valence-corrected chi connectivity index (χ2v) is 5.06. The molecule has 0 spiro atoms. The van der Waals surface area contributed by atoms with Gasteiger partial charge in [0.05, 0.1) is 17.2 Å². The highest BCUT2D eigenvalue weighted by Crippen LogP contribution is 2.15.